The second-order valence-electron chi connectivity index (χ2n) is 3.93. The van der Waals surface area contributed by atoms with Crippen molar-refractivity contribution in [2.75, 3.05) is 5.32 Å². The van der Waals surface area contributed by atoms with Crippen molar-refractivity contribution in [2.45, 2.75) is 6.92 Å². The third kappa shape index (κ3) is 2.01. The number of carbonyl (C=O) groups excluding carboxylic acids is 1. The lowest BCUT2D eigenvalue weighted by atomic mass is 10.3. The molecule has 2 aromatic heterocycles. The Hall–Kier alpha value is -2.83. The van der Waals surface area contributed by atoms with Crippen LogP contribution >= 0.6 is 0 Å². The molecular formula is C12H10N6O. The maximum absolute atomic E-state index is 12.1. The Labute approximate surface area is 108 Å². The van der Waals surface area contributed by atoms with Gasteiger partial charge in [0.1, 0.15) is 6.33 Å². The average molecular weight is 254 g/mol. The molecule has 19 heavy (non-hydrogen) atoms. The molecule has 7 nitrogen and oxygen atoms in total. The lowest BCUT2D eigenvalue weighted by Gasteiger charge is -2.06. The summed E-state index contributed by atoms with van der Waals surface area (Å²) in [6.07, 6.45) is 1.37. The van der Waals surface area contributed by atoms with E-state index >= 15 is 0 Å². The van der Waals surface area contributed by atoms with Gasteiger partial charge >= 0.3 is 0 Å². The summed E-state index contributed by atoms with van der Waals surface area (Å²) in [4.78, 5) is 16.0. The van der Waals surface area contributed by atoms with Gasteiger partial charge in [0.15, 0.2) is 5.69 Å². The van der Waals surface area contributed by atoms with E-state index in [0.717, 1.165) is 0 Å². The molecule has 0 aliphatic carbocycles. The lowest BCUT2D eigenvalue weighted by Crippen LogP contribution is -2.18. The number of anilines is 1. The van der Waals surface area contributed by atoms with Gasteiger partial charge in [-0.3, -0.25) is 4.79 Å². The molecular weight excluding hydrogens is 244 g/mol. The van der Waals surface area contributed by atoms with Crippen LogP contribution < -0.4 is 5.32 Å². The van der Waals surface area contributed by atoms with Crippen molar-refractivity contribution >= 4 is 17.4 Å². The van der Waals surface area contributed by atoms with E-state index in [1.807, 2.05) is 18.2 Å². The Kier molecular flexibility index (Phi) is 2.64. The van der Waals surface area contributed by atoms with Crippen molar-refractivity contribution in [1.82, 2.24) is 24.8 Å². The highest BCUT2D eigenvalue weighted by atomic mass is 16.2. The van der Waals surface area contributed by atoms with Crippen LogP contribution in [0.4, 0.5) is 5.69 Å². The number of hydrogen-bond acceptors (Lipinski definition) is 5. The van der Waals surface area contributed by atoms with E-state index < -0.39 is 0 Å². The van der Waals surface area contributed by atoms with E-state index in [1.54, 1.807) is 19.1 Å². The molecule has 0 saturated carbocycles. The minimum atomic E-state index is -0.325. The van der Waals surface area contributed by atoms with Gasteiger partial charge in [-0.25, -0.2) is 0 Å². The van der Waals surface area contributed by atoms with Crippen LogP contribution in [0.2, 0.25) is 0 Å². The summed E-state index contributed by atoms with van der Waals surface area (Å²) >= 11 is 0. The fourth-order valence-electron chi connectivity index (χ4n) is 1.73. The van der Waals surface area contributed by atoms with Crippen LogP contribution in [0.15, 0.2) is 36.7 Å². The summed E-state index contributed by atoms with van der Waals surface area (Å²) in [6.45, 7) is 1.75. The second-order valence-corrected chi connectivity index (χ2v) is 3.93. The fourth-order valence-corrected chi connectivity index (χ4v) is 1.73. The Morgan fingerprint density at radius 2 is 2.00 bits per heavy atom. The predicted octanol–water partition coefficient (Wildman–Crippen LogP) is 1.08. The molecule has 0 unspecified atom stereocenters. The fraction of sp³-hybridized carbons (Fsp3) is 0.0833. The number of amides is 1. The summed E-state index contributed by atoms with van der Waals surface area (Å²) in [6, 6.07) is 9.16. The van der Waals surface area contributed by atoms with Crippen LogP contribution in [0.25, 0.3) is 5.78 Å². The zero-order valence-electron chi connectivity index (χ0n) is 10.1. The monoisotopic (exact) mass is 254 g/mol. The predicted molar refractivity (Wildman–Crippen MR) is 67.7 cm³/mol. The van der Waals surface area contributed by atoms with Crippen LogP contribution in [0.1, 0.15) is 16.2 Å². The highest BCUT2D eigenvalue weighted by molar-refractivity contribution is 6.03. The molecule has 0 saturated heterocycles. The number of aromatic nitrogens is 5. The minimum absolute atomic E-state index is 0.224. The first-order valence-electron chi connectivity index (χ1n) is 5.65. The molecule has 3 aromatic rings. The molecule has 0 bridgehead atoms. The number of para-hydroxylation sites is 1. The van der Waals surface area contributed by atoms with E-state index in [1.165, 1.54) is 10.8 Å². The summed E-state index contributed by atoms with van der Waals surface area (Å²) in [5, 5.41) is 14.5. The zero-order valence-corrected chi connectivity index (χ0v) is 10.1. The molecule has 0 spiro atoms. The van der Waals surface area contributed by atoms with Crippen molar-refractivity contribution in [3.8, 4) is 0 Å². The van der Waals surface area contributed by atoms with Crippen LogP contribution in [0.5, 0.6) is 0 Å². The van der Waals surface area contributed by atoms with Gasteiger partial charge in [0.05, 0.1) is 5.69 Å². The second kappa shape index (κ2) is 4.45. The number of rotatable bonds is 2. The quantitative estimate of drug-likeness (QED) is 0.739. The average Bonchev–Trinajstić information content (AvgIpc) is 2.89. The first-order valence-corrected chi connectivity index (χ1v) is 5.65. The molecule has 94 valence electrons. The summed E-state index contributed by atoms with van der Waals surface area (Å²) < 4.78 is 1.48. The number of hydrogen-bond donors (Lipinski definition) is 1. The van der Waals surface area contributed by atoms with Gasteiger partial charge in [-0.15, -0.1) is 10.2 Å². The van der Waals surface area contributed by atoms with E-state index in [0.29, 0.717) is 17.2 Å². The van der Waals surface area contributed by atoms with Crippen molar-refractivity contribution in [1.29, 1.82) is 0 Å². The third-order valence-corrected chi connectivity index (χ3v) is 2.68. The number of nitrogens with zero attached hydrogens (tertiary/aromatic N) is 5. The standard InChI is InChI=1S/C12H10N6O/c1-8-10(16-17-12-13-7-14-18(8)12)11(19)15-9-5-3-2-4-6-9/h2-7H,1H3,(H,15,19). The van der Waals surface area contributed by atoms with Crippen molar-refractivity contribution in [3.63, 3.8) is 0 Å². The Bertz CT molecular complexity index is 736. The van der Waals surface area contributed by atoms with E-state index in [-0.39, 0.29) is 11.6 Å². The summed E-state index contributed by atoms with van der Waals surface area (Å²) in [7, 11) is 0. The molecule has 1 N–H and O–H groups in total. The molecule has 7 heteroatoms. The third-order valence-electron chi connectivity index (χ3n) is 2.68. The summed E-state index contributed by atoms with van der Waals surface area (Å²) in [5.74, 6) is 0.0439. The van der Waals surface area contributed by atoms with Crippen molar-refractivity contribution in [2.24, 2.45) is 0 Å². The summed E-state index contributed by atoms with van der Waals surface area (Å²) in [5.41, 5.74) is 1.52. The number of benzene rings is 1. The van der Waals surface area contributed by atoms with Gasteiger partial charge in [-0.05, 0) is 19.1 Å². The molecule has 0 atom stereocenters. The number of fused-ring (bicyclic) bond motifs is 1. The van der Waals surface area contributed by atoms with Crippen LogP contribution in [0, 0.1) is 6.92 Å². The molecule has 3 rings (SSSR count). The molecule has 0 fully saturated rings. The van der Waals surface area contributed by atoms with Gasteiger partial charge in [-0.2, -0.15) is 14.6 Å². The molecule has 0 aliphatic rings. The van der Waals surface area contributed by atoms with Crippen LogP contribution in [0.3, 0.4) is 0 Å². The van der Waals surface area contributed by atoms with Gasteiger partial charge in [-0.1, -0.05) is 18.2 Å². The zero-order chi connectivity index (χ0) is 13.2. The Morgan fingerprint density at radius 3 is 2.79 bits per heavy atom. The van der Waals surface area contributed by atoms with Gasteiger partial charge in [0.25, 0.3) is 11.7 Å². The first-order chi connectivity index (χ1) is 9.25. The molecule has 1 amide bonds. The number of aryl methyl sites for hydroxylation is 1. The molecule has 2 heterocycles. The Morgan fingerprint density at radius 1 is 1.21 bits per heavy atom. The van der Waals surface area contributed by atoms with E-state index in [2.05, 4.69) is 25.6 Å². The molecule has 0 aliphatic heterocycles. The van der Waals surface area contributed by atoms with Gasteiger partial charge in [0.2, 0.25) is 0 Å². The molecule has 1 aromatic carbocycles. The SMILES string of the molecule is Cc1c(C(=O)Nc2ccccc2)nnc2ncnn12. The normalized spacial score (nSPS) is 10.6. The maximum atomic E-state index is 12.1. The topological polar surface area (TPSA) is 85.1 Å². The van der Waals surface area contributed by atoms with Gasteiger partial charge in [0, 0.05) is 5.69 Å². The highest BCUT2D eigenvalue weighted by Gasteiger charge is 2.15. The Balaban J connectivity index is 1.95. The smallest absolute Gasteiger partial charge is 0.278 e. The van der Waals surface area contributed by atoms with Crippen LogP contribution in [-0.2, 0) is 0 Å². The minimum Gasteiger partial charge on any atom is -0.321 e. The maximum Gasteiger partial charge on any atom is 0.278 e. The van der Waals surface area contributed by atoms with Gasteiger partial charge < -0.3 is 5.32 Å². The van der Waals surface area contributed by atoms with E-state index in [9.17, 15) is 4.79 Å². The number of carbonyl (C=O) groups is 1. The number of nitrogens with one attached hydrogen (secondary N) is 1. The largest absolute Gasteiger partial charge is 0.321 e. The van der Waals surface area contributed by atoms with E-state index in [4.69, 9.17) is 0 Å². The first kappa shape index (κ1) is 11.3. The van der Waals surface area contributed by atoms with Crippen molar-refractivity contribution < 1.29 is 4.79 Å². The highest BCUT2D eigenvalue weighted by Crippen LogP contribution is 2.09. The lowest BCUT2D eigenvalue weighted by molar-refractivity contribution is 0.102. The van der Waals surface area contributed by atoms with Crippen molar-refractivity contribution in [3.05, 3.63) is 48.0 Å². The van der Waals surface area contributed by atoms with Crippen LogP contribution in [-0.4, -0.2) is 30.7 Å². The molecule has 0 radical (unpaired) electrons.